The number of thiophene rings is 1. The smallest absolute Gasteiger partial charge is 0.188 e. The second kappa shape index (κ2) is 11.2. The molecule has 0 saturated carbocycles. The first-order valence-electron chi connectivity index (χ1n) is 8.06. The van der Waals surface area contributed by atoms with E-state index in [-0.39, 0.29) is 24.0 Å². The molecule has 0 aromatic carbocycles. The number of nitrogens with zero attached hydrogens (tertiary/aromatic N) is 2. The van der Waals surface area contributed by atoms with Crippen LogP contribution in [0, 0.1) is 0 Å². The maximum absolute atomic E-state index is 5.89. The number of rotatable bonds is 7. The number of guanidine groups is 1. The van der Waals surface area contributed by atoms with Gasteiger partial charge in [0, 0.05) is 30.6 Å². The molecule has 1 atom stereocenters. The van der Waals surface area contributed by atoms with E-state index in [0.29, 0.717) is 5.96 Å². The van der Waals surface area contributed by atoms with Crippen molar-refractivity contribution >= 4 is 41.3 Å². The molecule has 0 radical (unpaired) electrons. The Morgan fingerprint density at radius 1 is 1.50 bits per heavy atom. The van der Waals surface area contributed by atoms with E-state index in [2.05, 4.69) is 39.6 Å². The zero-order valence-electron chi connectivity index (χ0n) is 13.5. The minimum absolute atomic E-state index is 0. The molecule has 1 saturated heterocycles. The predicted molar refractivity (Wildman–Crippen MR) is 107 cm³/mol. The molecule has 1 aromatic rings. The van der Waals surface area contributed by atoms with Gasteiger partial charge < -0.3 is 16.0 Å². The minimum atomic E-state index is 0. The molecule has 1 unspecified atom stereocenters. The third-order valence-electron chi connectivity index (χ3n) is 4.08. The van der Waals surface area contributed by atoms with Gasteiger partial charge in [-0.25, -0.2) is 0 Å². The summed E-state index contributed by atoms with van der Waals surface area (Å²) in [5.41, 5.74) is 5.89. The van der Waals surface area contributed by atoms with E-state index in [4.69, 9.17) is 5.73 Å². The number of likely N-dealkylation sites (tertiary alicyclic amines) is 1. The summed E-state index contributed by atoms with van der Waals surface area (Å²) in [7, 11) is 0. The van der Waals surface area contributed by atoms with E-state index in [0.717, 1.165) is 38.5 Å². The zero-order chi connectivity index (χ0) is 14.9. The predicted octanol–water partition coefficient (Wildman–Crippen LogP) is 3.08. The number of piperidine rings is 1. The third-order valence-corrected chi connectivity index (χ3v) is 5.02. The quantitative estimate of drug-likeness (QED) is 0.299. The molecule has 126 valence electrons. The van der Waals surface area contributed by atoms with Crippen LogP contribution in [0.25, 0.3) is 0 Å². The summed E-state index contributed by atoms with van der Waals surface area (Å²) in [6, 6.07) is 4.97. The van der Waals surface area contributed by atoms with Crippen molar-refractivity contribution in [2.24, 2.45) is 10.7 Å². The highest BCUT2D eigenvalue weighted by Crippen LogP contribution is 2.16. The maximum Gasteiger partial charge on any atom is 0.188 e. The van der Waals surface area contributed by atoms with Crippen molar-refractivity contribution in [3.05, 3.63) is 22.4 Å². The van der Waals surface area contributed by atoms with Crippen LogP contribution in [-0.4, -0.2) is 43.1 Å². The molecule has 22 heavy (non-hydrogen) atoms. The first kappa shape index (κ1) is 19.7. The van der Waals surface area contributed by atoms with Gasteiger partial charge in [0.05, 0.1) is 0 Å². The fourth-order valence-electron chi connectivity index (χ4n) is 2.79. The van der Waals surface area contributed by atoms with Crippen molar-refractivity contribution in [3.8, 4) is 0 Å². The molecule has 2 rings (SSSR count). The molecule has 0 amide bonds. The number of aliphatic imine (C=N–C) groups is 1. The van der Waals surface area contributed by atoms with Crippen LogP contribution >= 0.6 is 35.3 Å². The van der Waals surface area contributed by atoms with Gasteiger partial charge in [0.1, 0.15) is 0 Å². The van der Waals surface area contributed by atoms with Gasteiger partial charge in [0.15, 0.2) is 5.96 Å². The van der Waals surface area contributed by atoms with E-state index in [1.165, 1.54) is 30.7 Å². The van der Waals surface area contributed by atoms with E-state index in [9.17, 15) is 0 Å². The second-order valence-corrected chi connectivity index (χ2v) is 6.79. The fourth-order valence-corrected chi connectivity index (χ4v) is 3.50. The Morgan fingerprint density at radius 3 is 3.09 bits per heavy atom. The molecule has 6 heteroatoms. The molecule has 2 heterocycles. The molecule has 0 bridgehead atoms. The molecular formula is C16H29IN4S. The highest BCUT2D eigenvalue weighted by atomic mass is 127. The van der Waals surface area contributed by atoms with Gasteiger partial charge in [0.25, 0.3) is 0 Å². The largest absolute Gasteiger partial charge is 0.370 e. The van der Waals surface area contributed by atoms with Crippen molar-refractivity contribution in [1.82, 2.24) is 10.2 Å². The highest BCUT2D eigenvalue weighted by Gasteiger charge is 2.16. The van der Waals surface area contributed by atoms with Crippen molar-refractivity contribution < 1.29 is 0 Å². The van der Waals surface area contributed by atoms with Crippen LogP contribution in [0.3, 0.4) is 0 Å². The number of hydrogen-bond acceptors (Lipinski definition) is 3. The topological polar surface area (TPSA) is 53.6 Å². The molecule has 4 nitrogen and oxygen atoms in total. The van der Waals surface area contributed by atoms with E-state index < -0.39 is 0 Å². The molecular weight excluding hydrogens is 407 g/mol. The van der Waals surface area contributed by atoms with E-state index in [1.54, 1.807) is 11.3 Å². The fraction of sp³-hybridized carbons (Fsp3) is 0.688. The molecule has 0 aliphatic carbocycles. The average molecular weight is 436 g/mol. The Morgan fingerprint density at radius 2 is 2.36 bits per heavy atom. The summed E-state index contributed by atoms with van der Waals surface area (Å²) < 4.78 is 0. The zero-order valence-corrected chi connectivity index (χ0v) is 16.6. The standard InChI is InChI=1S/C16H28N4S.HI/c1-14-6-2-3-11-20(14)12-5-9-18-16(17)19-10-8-15-7-4-13-21-15;/h4,7,13-14H,2-3,5-6,8-12H2,1H3,(H3,17,18,19);1H. The van der Waals surface area contributed by atoms with Crippen LogP contribution in [-0.2, 0) is 6.42 Å². The maximum atomic E-state index is 5.89. The molecule has 1 aromatic heterocycles. The average Bonchev–Trinajstić information content (AvgIpc) is 2.98. The lowest BCUT2D eigenvalue weighted by Gasteiger charge is -2.33. The Labute approximate surface area is 155 Å². The van der Waals surface area contributed by atoms with Crippen LogP contribution < -0.4 is 11.1 Å². The summed E-state index contributed by atoms with van der Waals surface area (Å²) in [5.74, 6) is 0.582. The van der Waals surface area contributed by atoms with E-state index in [1.807, 2.05) is 0 Å². The first-order chi connectivity index (χ1) is 10.3. The lowest BCUT2D eigenvalue weighted by atomic mass is 10.0. The van der Waals surface area contributed by atoms with Gasteiger partial charge in [-0.3, -0.25) is 4.99 Å². The number of hydrogen-bond donors (Lipinski definition) is 2. The van der Waals surface area contributed by atoms with Gasteiger partial charge in [0.2, 0.25) is 0 Å². The van der Waals surface area contributed by atoms with Gasteiger partial charge in [-0.05, 0) is 50.6 Å². The number of halogens is 1. The van der Waals surface area contributed by atoms with Crippen molar-refractivity contribution in [3.63, 3.8) is 0 Å². The van der Waals surface area contributed by atoms with Crippen LogP contribution in [0.1, 0.15) is 37.5 Å². The van der Waals surface area contributed by atoms with Crippen molar-refractivity contribution in [1.29, 1.82) is 0 Å². The van der Waals surface area contributed by atoms with Crippen LogP contribution in [0.4, 0.5) is 0 Å². The normalized spacial score (nSPS) is 19.7. The summed E-state index contributed by atoms with van der Waals surface area (Å²) >= 11 is 1.79. The van der Waals surface area contributed by atoms with Gasteiger partial charge in [-0.2, -0.15) is 0 Å². The van der Waals surface area contributed by atoms with Crippen LogP contribution in [0.2, 0.25) is 0 Å². The highest BCUT2D eigenvalue weighted by molar-refractivity contribution is 14.0. The number of nitrogens with two attached hydrogens (primary N) is 1. The van der Waals surface area contributed by atoms with Crippen molar-refractivity contribution in [2.75, 3.05) is 26.2 Å². The monoisotopic (exact) mass is 436 g/mol. The third kappa shape index (κ3) is 7.28. The summed E-state index contributed by atoms with van der Waals surface area (Å²) in [4.78, 5) is 8.38. The van der Waals surface area contributed by atoms with Gasteiger partial charge in [-0.15, -0.1) is 35.3 Å². The second-order valence-electron chi connectivity index (χ2n) is 5.76. The number of nitrogens with one attached hydrogen (secondary N) is 1. The Balaban J connectivity index is 0.00000242. The Bertz CT molecular complexity index is 422. The minimum Gasteiger partial charge on any atom is -0.370 e. The van der Waals surface area contributed by atoms with Gasteiger partial charge in [-0.1, -0.05) is 12.5 Å². The first-order valence-corrected chi connectivity index (χ1v) is 8.94. The Kier molecular flexibility index (Phi) is 10.1. The lowest BCUT2D eigenvalue weighted by molar-refractivity contribution is 0.160. The summed E-state index contributed by atoms with van der Waals surface area (Å²) in [5, 5.41) is 5.29. The van der Waals surface area contributed by atoms with Crippen LogP contribution in [0.15, 0.2) is 22.5 Å². The Hall–Kier alpha value is -0.340. The molecule has 1 aliphatic rings. The van der Waals surface area contributed by atoms with Crippen molar-refractivity contribution in [2.45, 2.75) is 45.1 Å². The SMILES string of the molecule is CC1CCCCN1CCCN=C(N)NCCc1cccs1.I. The molecule has 3 N–H and O–H groups in total. The molecule has 1 fully saturated rings. The lowest BCUT2D eigenvalue weighted by Crippen LogP contribution is -2.38. The van der Waals surface area contributed by atoms with E-state index >= 15 is 0 Å². The van der Waals surface area contributed by atoms with Gasteiger partial charge >= 0.3 is 0 Å². The molecule has 0 spiro atoms. The van der Waals surface area contributed by atoms with Crippen LogP contribution in [0.5, 0.6) is 0 Å². The summed E-state index contributed by atoms with van der Waals surface area (Å²) in [6.07, 6.45) is 6.18. The summed E-state index contributed by atoms with van der Waals surface area (Å²) in [6.45, 7) is 6.41. The molecule has 1 aliphatic heterocycles.